The van der Waals surface area contributed by atoms with E-state index in [1.54, 1.807) is 6.07 Å². The zero-order valence-corrected chi connectivity index (χ0v) is 13.6. The van der Waals surface area contributed by atoms with Crippen LogP contribution >= 0.6 is 0 Å². The van der Waals surface area contributed by atoms with Crippen molar-refractivity contribution in [3.63, 3.8) is 0 Å². The van der Waals surface area contributed by atoms with Crippen LogP contribution in [0, 0.1) is 0 Å². The number of hydrogen-bond acceptors (Lipinski definition) is 4. The summed E-state index contributed by atoms with van der Waals surface area (Å²) in [6, 6.07) is 8.66. The quantitative estimate of drug-likeness (QED) is 0.885. The van der Waals surface area contributed by atoms with Gasteiger partial charge in [-0.15, -0.1) is 0 Å². The largest absolute Gasteiger partial charge is 0.353 e. The van der Waals surface area contributed by atoms with Crippen molar-refractivity contribution in [3.8, 4) is 0 Å². The Morgan fingerprint density at radius 2 is 2.00 bits per heavy atom. The van der Waals surface area contributed by atoms with Gasteiger partial charge in [0.1, 0.15) is 0 Å². The third kappa shape index (κ3) is 3.06. The topological polar surface area (TPSA) is 76.0 Å². The van der Waals surface area contributed by atoms with E-state index in [-0.39, 0.29) is 17.5 Å². The number of amides is 1. The van der Waals surface area contributed by atoms with Crippen molar-refractivity contribution < 1.29 is 4.79 Å². The summed E-state index contributed by atoms with van der Waals surface area (Å²) in [5.41, 5.74) is 0.599. The van der Waals surface area contributed by atoms with Crippen molar-refractivity contribution in [2.75, 3.05) is 0 Å². The fourth-order valence-corrected chi connectivity index (χ4v) is 3.96. The molecule has 2 aliphatic rings. The van der Waals surface area contributed by atoms with Crippen LogP contribution in [0.1, 0.15) is 32.1 Å². The van der Waals surface area contributed by atoms with Gasteiger partial charge in [-0.3, -0.25) is 14.2 Å². The van der Waals surface area contributed by atoms with Gasteiger partial charge in [-0.1, -0.05) is 12.1 Å². The highest BCUT2D eigenvalue weighted by Crippen LogP contribution is 2.26. The molecule has 126 valence electrons. The third-order valence-corrected chi connectivity index (χ3v) is 5.15. The predicted octanol–water partition coefficient (Wildman–Crippen LogP) is 1.19. The lowest BCUT2D eigenvalue weighted by atomic mass is 10.00. The van der Waals surface area contributed by atoms with Crippen molar-refractivity contribution in [2.45, 2.75) is 56.8 Å². The van der Waals surface area contributed by atoms with Gasteiger partial charge >= 0.3 is 0 Å². The van der Waals surface area contributed by atoms with E-state index >= 15 is 0 Å². The Kier molecular flexibility index (Phi) is 4.06. The number of aromatic nitrogens is 2. The van der Waals surface area contributed by atoms with E-state index in [9.17, 15) is 9.59 Å². The summed E-state index contributed by atoms with van der Waals surface area (Å²) in [5.74, 6) is 0.0151. The normalized spacial score (nSPS) is 25.8. The fraction of sp³-hybridized carbons (Fsp3) is 0.500. The molecule has 1 amide bonds. The number of fused-ring (bicyclic) bond motifs is 3. The Morgan fingerprint density at radius 1 is 1.25 bits per heavy atom. The number of carbonyl (C=O) groups is 1. The summed E-state index contributed by atoms with van der Waals surface area (Å²) in [6.07, 6.45) is 6.30. The number of carbonyl (C=O) groups excluding carboxylic acids is 1. The highest BCUT2D eigenvalue weighted by Gasteiger charge is 2.33. The minimum Gasteiger partial charge on any atom is -0.353 e. The maximum atomic E-state index is 12.4. The second kappa shape index (κ2) is 6.36. The molecule has 2 fully saturated rings. The summed E-state index contributed by atoms with van der Waals surface area (Å²) in [5, 5.41) is 7.30. The smallest absolute Gasteiger partial charge is 0.261 e. The molecule has 1 aromatic heterocycles. The van der Waals surface area contributed by atoms with Gasteiger partial charge in [0.25, 0.3) is 5.56 Å². The lowest BCUT2D eigenvalue weighted by Gasteiger charge is -2.29. The van der Waals surface area contributed by atoms with E-state index in [4.69, 9.17) is 0 Å². The van der Waals surface area contributed by atoms with Crippen LogP contribution in [0.25, 0.3) is 10.9 Å². The molecule has 6 heteroatoms. The number of rotatable bonds is 4. The Balaban J connectivity index is 1.37. The lowest BCUT2D eigenvalue weighted by molar-refractivity contribution is -0.122. The van der Waals surface area contributed by atoms with Crippen molar-refractivity contribution >= 4 is 16.8 Å². The van der Waals surface area contributed by atoms with Gasteiger partial charge in [-0.2, -0.15) is 0 Å². The van der Waals surface area contributed by atoms with Crippen molar-refractivity contribution in [2.24, 2.45) is 0 Å². The van der Waals surface area contributed by atoms with E-state index in [1.165, 1.54) is 23.7 Å². The summed E-state index contributed by atoms with van der Waals surface area (Å²) in [4.78, 5) is 28.9. The van der Waals surface area contributed by atoms with Crippen LogP contribution < -0.4 is 16.2 Å². The van der Waals surface area contributed by atoms with E-state index < -0.39 is 0 Å². The number of piperidine rings is 1. The Morgan fingerprint density at radius 3 is 2.79 bits per heavy atom. The van der Waals surface area contributed by atoms with Gasteiger partial charge in [0.2, 0.25) is 5.91 Å². The first-order valence-corrected chi connectivity index (χ1v) is 8.68. The molecule has 24 heavy (non-hydrogen) atoms. The molecule has 2 atom stereocenters. The van der Waals surface area contributed by atoms with E-state index in [0.717, 1.165) is 12.8 Å². The Hall–Kier alpha value is -2.21. The van der Waals surface area contributed by atoms with Crippen molar-refractivity contribution in [3.05, 3.63) is 40.9 Å². The molecular weight excluding hydrogens is 304 g/mol. The molecule has 1 aromatic carbocycles. The minimum atomic E-state index is -0.0895. The van der Waals surface area contributed by atoms with E-state index in [1.807, 2.05) is 18.2 Å². The summed E-state index contributed by atoms with van der Waals surface area (Å²) >= 11 is 0. The van der Waals surface area contributed by atoms with Gasteiger partial charge in [0, 0.05) is 31.1 Å². The molecule has 2 aliphatic heterocycles. The number of nitrogens with one attached hydrogen (secondary N) is 2. The molecular formula is C18H22N4O2. The van der Waals surface area contributed by atoms with Crippen LogP contribution in [-0.2, 0) is 11.3 Å². The summed E-state index contributed by atoms with van der Waals surface area (Å²) < 4.78 is 1.52. The molecule has 2 bridgehead atoms. The van der Waals surface area contributed by atoms with E-state index in [2.05, 4.69) is 15.6 Å². The number of nitrogens with zero attached hydrogens (tertiary/aromatic N) is 2. The molecule has 2 unspecified atom stereocenters. The van der Waals surface area contributed by atoms with Crippen LogP contribution in [0.3, 0.4) is 0 Å². The molecule has 3 heterocycles. The van der Waals surface area contributed by atoms with Crippen LogP contribution in [0.2, 0.25) is 0 Å². The van der Waals surface area contributed by atoms with Gasteiger partial charge in [0.15, 0.2) is 0 Å². The monoisotopic (exact) mass is 326 g/mol. The lowest BCUT2D eigenvalue weighted by Crippen LogP contribution is -2.48. The maximum absolute atomic E-state index is 12.4. The predicted molar refractivity (Wildman–Crippen MR) is 91.7 cm³/mol. The third-order valence-electron chi connectivity index (χ3n) is 5.15. The van der Waals surface area contributed by atoms with Crippen LogP contribution in [0.15, 0.2) is 35.4 Å². The Labute approximate surface area is 140 Å². The number of hydrogen-bond donors (Lipinski definition) is 2. The molecule has 2 saturated heterocycles. The number of aryl methyl sites for hydroxylation is 1. The second-order valence-electron chi connectivity index (χ2n) is 6.88. The fourth-order valence-electron chi connectivity index (χ4n) is 3.96. The first-order chi connectivity index (χ1) is 11.7. The van der Waals surface area contributed by atoms with Crippen molar-refractivity contribution in [1.82, 2.24) is 20.2 Å². The maximum Gasteiger partial charge on any atom is 0.261 e. The first kappa shape index (κ1) is 15.3. The molecule has 4 rings (SSSR count). The average molecular weight is 326 g/mol. The summed E-state index contributed by atoms with van der Waals surface area (Å²) in [7, 11) is 0. The molecule has 2 N–H and O–H groups in total. The van der Waals surface area contributed by atoms with Gasteiger partial charge in [-0.25, -0.2) is 4.98 Å². The molecule has 6 nitrogen and oxygen atoms in total. The molecule has 0 saturated carbocycles. The highest BCUT2D eigenvalue weighted by atomic mass is 16.2. The molecule has 0 radical (unpaired) electrons. The average Bonchev–Trinajstić information content (AvgIpc) is 2.93. The van der Waals surface area contributed by atoms with Crippen molar-refractivity contribution in [1.29, 1.82) is 0 Å². The van der Waals surface area contributed by atoms with Crippen LogP contribution in [0.4, 0.5) is 0 Å². The van der Waals surface area contributed by atoms with Gasteiger partial charge in [0.05, 0.1) is 17.2 Å². The highest BCUT2D eigenvalue weighted by molar-refractivity contribution is 5.77. The molecule has 2 aromatic rings. The standard InChI is InChI=1S/C18H22N4O2/c23-17(21-14-9-12-5-6-13(10-14)20-12)7-8-22-11-19-16-4-2-1-3-15(16)18(22)24/h1-4,11-14,20H,5-10H2,(H,21,23). The molecule has 0 aliphatic carbocycles. The zero-order chi connectivity index (χ0) is 16.5. The molecule has 0 spiro atoms. The van der Waals surface area contributed by atoms with Crippen LogP contribution in [0.5, 0.6) is 0 Å². The summed E-state index contributed by atoms with van der Waals surface area (Å²) in [6.45, 7) is 0.361. The number of para-hydroxylation sites is 1. The second-order valence-corrected chi connectivity index (χ2v) is 6.88. The number of benzene rings is 1. The van der Waals surface area contributed by atoms with Gasteiger partial charge < -0.3 is 10.6 Å². The van der Waals surface area contributed by atoms with Gasteiger partial charge in [-0.05, 0) is 37.8 Å². The first-order valence-electron chi connectivity index (χ1n) is 8.68. The SMILES string of the molecule is O=C(CCn1cnc2ccccc2c1=O)NC1CC2CCC(C1)N2. The van der Waals surface area contributed by atoms with Crippen LogP contribution in [-0.4, -0.2) is 33.6 Å². The zero-order valence-electron chi connectivity index (χ0n) is 13.6. The minimum absolute atomic E-state index is 0.0151. The van der Waals surface area contributed by atoms with E-state index in [0.29, 0.717) is 36.0 Å². The Bertz CT molecular complexity index is 804.